The van der Waals surface area contributed by atoms with Gasteiger partial charge in [-0.1, -0.05) is 43.3 Å². The minimum Gasteiger partial charge on any atom is -0.396 e. The van der Waals surface area contributed by atoms with Gasteiger partial charge in [0.2, 0.25) is 8.41 Å². The number of aliphatic hydroxyl groups is 1. The van der Waals surface area contributed by atoms with E-state index >= 15 is 4.11 Å². The third-order valence-corrected chi connectivity index (χ3v) is 12.8. The molecule has 1 spiro atoms. The van der Waals surface area contributed by atoms with Crippen molar-refractivity contribution in [1.29, 1.82) is 0 Å². The SMILES string of the molecule is C[C@@H]1[C@@H]([Si](C)(C)F)[C@H](CCO)O[C@@]12C(=O)N(Cc1cccc(-n3[nH]c4ccccc4c3=O)c1)c1ccc(-n3[nH]c4ccccc4c3=O)cc12. The van der Waals surface area contributed by atoms with Gasteiger partial charge in [0.05, 0.1) is 51.5 Å². The lowest BCUT2D eigenvalue weighted by atomic mass is 9.82. The lowest BCUT2D eigenvalue weighted by molar-refractivity contribution is -0.146. The highest BCUT2D eigenvalue weighted by atomic mass is 28.4. The highest BCUT2D eigenvalue weighted by Crippen LogP contribution is 2.60. The third kappa shape index (κ3) is 4.69. The molecule has 2 aliphatic heterocycles. The molecule has 10 nitrogen and oxygen atoms in total. The lowest BCUT2D eigenvalue weighted by Gasteiger charge is -2.31. The number of anilines is 1. The van der Waals surface area contributed by atoms with Crippen LogP contribution in [0.25, 0.3) is 33.2 Å². The summed E-state index contributed by atoms with van der Waals surface area (Å²) in [7, 11) is -3.41. The van der Waals surface area contributed by atoms with Crippen LogP contribution in [0.3, 0.4) is 0 Å². The molecule has 2 aliphatic rings. The molecule has 3 N–H and O–H groups in total. The Hall–Kier alpha value is -5.04. The van der Waals surface area contributed by atoms with E-state index in [-0.39, 0.29) is 36.6 Å². The number of aliphatic hydroxyl groups excluding tert-OH is 1. The number of H-pyrrole nitrogens is 2. The molecule has 2 aromatic heterocycles. The number of hydrogen-bond donors (Lipinski definition) is 3. The van der Waals surface area contributed by atoms with E-state index in [0.29, 0.717) is 44.4 Å². The molecular weight excluding hydrogens is 642 g/mol. The number of nitrogens with zero attached hydrogens (tertiary/aromatic N) is 3. The van der Waals surface area contributed by atoms with Crippen molar-refractivity contribution in [2.75, 3.05) is 11.5 Å². The molecule has 4 aromatic carbocycles. The van der Waals surface area contributed by atoms with Crippen LogP contribution in [0.15, 0.2) is 101 Å². The van der Waals surface area contributed by atoms with E-state index in [0.717, 1.165) is 5.56 Å². The van der Waals surface area contributed by atoms with Crippen LogP contribution >= 0.6 is 0 Å². The normalized spacial score (nSPS) is 22.2. The maximum absolute atomic E-state index is 16.1. The Labute approximate surface area is 281 Å². The van der Waals surface area contributed by atoms with E-state index in [9.17, 15) is 19.5 Å². The molecule has 1 amide bonds. The largest absolute Gasteiger partial charge is 0.396 e. The Morgan fingerprint density at radius 1 is 0.837 bits per heavy atom. The minimum absolute atomic E-state index is 0.157. The Morgan fingerprint density at radius 2 is 1.45 bits per heavy atom. The van der Waals surface area contributed by atoms with Gasteiger partial charge in [-0.05, 0) is 79.7 Å². The van der Waals surface area contributed by atoms with Crippen LogP contribution in [0.2, 0.25) is 18.6 Å². The number of para-hydroxylation sites is 2. The molecule has 4 atom stereocenters. The first-order chi connectivity index (χ1) is 23.5. The van der Waals surface area contributed by atoms with Crippen LogP contribution in [-0.4, -0.2) is 51.7 Å². The summed E-state index contributed by atoms with van der Waals surface area (Å²) >= 11 is 0. The quantitative estimate of drug-likeness (QED) is 0.149. The van der Waals surface area contributed by atoms with Gasteiger partial charge in [0.1, 0.15) is 0 Å². The molecule has 8 rings (SSSR count). The first-order valence-electron chi connectivity index (χ1n) is 16.5. The Balaban J connectivity index is 1.26. The monoisotopic (exact) mass is 677 g/mol. The number of carbonyl (C=O) groups excluding carboxylic acids is 1. The predicted molar refractivity (Wildman–Crippen MR) is 189 cm³/mol. The van der Waals surface area contributed by atoms with Crippen LogP contribution in [0, 0.1) is 5.92 Å². The molecule has 49 heavy (non-hydrogen) atoms. The molecule has 0 unspecified atom stereocenters. The maximum atomic E-state index is 16.1. The third-order valence-electron chi connectivity index (χ3n) is 10.3. The number of hydrogen-bond acceptors (Lipinski definition) is 5. The van der Waals surface area contributed by atoms with E-state index in [1.807, 2.05) is 67.6 Å². The number of ether oxygens (including phenoxy) is 1. The van der Waals surface area contributed by atoms with Crippen LogP contribution in [0.4, 0.5) is 9.80 Å². The summed E-state index contributed by atoms with van der Waals surface area (Å²) in [6, 6.07) is 27.3. The summed E-state index contributed by atoms with van der Waals surface area (Å²) < 4.78 is 25.8. The van der Waals surface area contributed by atoms with Crippen molar-refractivity contribution in [3.63, 3.8) is 0 Å². The Kier molecular flexibility index (Phi) is 7.18. The molecular formula is C37H36FN5O5Si. The van der Waals surface area contributed by atoms with Crippen LogP contribution < -0.4 is 16.0 Å². The van der Waals surface area contributed by atoms with E-state index in [1.165, 1.54) is 9.36 Å². The molecule has 0 radical (unpaired) electrons. The minimum atomic E-state index is -3.41. The van der Waals surface area contributed by atoms with E-state index in [2.05, 4.69) is 10.2 Å². The first kappa shape index (κ1) is 31.2. The van der Waals surface area contributed by atoms with Gasteiger partial charge in [-0.3, -0.25) is 24.6 Å². The van der Waals surface area contributed by atoms with Crippen molar-refractivity contribution in [2.45, 2.75) is 50.2 Å². The van der Waals surface area contributed by atoms with Gasteiger partial charge >= 0.3 is 0 Å². The highest BCUT2D eigenvalue weighted by Gasteiger charge is 2.66. The number of fused-ring (bicyclic) bond motifs is 4. The summed E-state index contributed by atoms with van der Waals surface area (Å²) in [5.74, 6) is -0.883. The molecule has 12 heteroatoms. The zero-order chi connectivity index (χ0) is 34.2. The van der Waals surface area contributed by atoms with Crippen LogP contribution in [-0.2, 0) is 21.7 Å². The van der Waals surface area contributed by atoms with Gasteiger partial charge in [0, 0.05) is 23.6 Å². The van der Waals surface area contributed by atoms with Gasteiger partial charge in [-0.2, -0.15) is 0 Å². The fourth-order valence-corrected chi connectivity index (χ4v) is 10.7. The molecule has 0 aliphatic carbocycles. The summed E-state index contributed by atoms with van der Waals surface area (Å²) in [5, 5.41) is 17.4. The van der Waals surface area contributed by atoms with Crippen molar-refractivity contribution >= 4 is 41.8 Å². The molecule has 1 saturated heterocycles. The fraction of sp³-hybridized carbons (Fsp3) is 0.270. The van der Waals surface area contributed by atoms with Crippen molar-refractivity contribution in [1.82, 2.24) is 19.6 Å². The van der Waals surface area contributed by atoms with Gasteiger partial charge in [0.25, 0.3) is 17.0 Å². The van der Waals surface area contributed by atoms with Crippen molar-refractivity contribution in [3.8, 4) is 11.4 Å². The van der Waals surface area contributed by atoms with E-state index in [1.54, 1.807) is 48.3 Å². The average molecular weight is 678 g/mol. The number of nitrogens with one attached hydrogen (secondary N) is 2. The van der Waals surface area contributed by atoms with Gasteiger partial charge < -0.3 is 18.9 Å². The second kappa shape index (κ2) is 11.3. The second-order valence-electron chi connectivity index (χ2n) is 13.6. The van der Waals surface area contributed by atoms with Gasteiger partial charge in [0.15, 0.2) is 5.60 Å². The molecule has 4 heterocycles. The summed E-state index contributed by atoms with van der Waals surface area (Å²) in [6.45, 7) is 5.06. The highest BCUT2D eigenvalue weighted by molar-refractivity contribution is 6.72. The van der Waals surface area contributed by atoms with Gasteiger partial charge in [-0.25, -0.2) is 9.36 Å². The van der Waals surface area contributed by atoms with Gasteiger partial charge in [-0.15, -0.1) is 0 Å². The fourth-order valence-electron chi connectivity index (χ4n) is 8.19. The van der Waals surface area contributed by atoms with E-state index in [4.69, 9.17) is 4.74 Å². The van der Waals surface area contributed by atoms with Crippen molar-refractivity contribution in [2.24, 2.45) is 5.92 Å². The van der Waals surface area contributed by atoms with Crippen molar-refractivity contribution in [3.05, 3.63) is 123 Å². The topological polar surface area (TPSA) is 125 Å². The summed E-state index contributed by atoms with van der Waals surface area (Å²) in [4.78, 5) is 43.2. The van der Waals surface area contributed by atoms with Crippen LogP contribution in [0.5, 0.6) is 0 Å². The summed E-state index contributed by atoms with van der Waals surface area (Å²) in [6.07, 6.45) is -0.470. The zero-order valence-electron chi connectivity index (χ0n) is 27.3. The summed E-state index contributed by atoms with van der Waals surface area (Å²) in [5.41, 5.74) is 1.94. The molecule has 250 valence electrons. The first-order valence-corrected chi connectivity index (χ1v) is 19.4. The number of amides is 1. The standard InChI is InChI=1S/C37H36FN5O5Si/c1-22-33(49(2,3)38)32(17-18-44)48-37(22)28-20-25(43-35(46)27-12-5-7-14-30(27)40-43)15-16-31(28)41(36(37)47)21-23-9-8-10-24(19-23)42-34(45)26-11-4-6-13-29(26)39-42/h4-16,19-20,22,32-33,39-40,44H,17-18,21H2,1-3H3/t22-,32+,33-,37+/m1/s1. The lowest BCUT2D eigenvalue weighted by Crippen LogP contribution is -2.45. The van der Waals surface area contributed by atoms with Crippen LogP contribution in [0.1, 0.15) is 24.5 Å². The maximum Gasteiger partial charge on any atom is 0.279 e. The number of benzene rings is 4. The second-order valence-corrected chi connectivity index (χ2v) is 17.4. The smallest absolute Gasteiger partial charge is 0.279 e. The molecule has 0 saturated carbocycles. The molecule has 6 aromatic rings. The average Bonchev–Trinajstić information content (AvgIpc) is 3.77. The Morgan fingerprint density at radius 3 is 2.04 bits per heavy atom. The number of halogens is 1. The molecule has 1 fully saturated rings. The van der Waals surface area contributed by atoms with Crippen molar-refractivity contribution < 1.29 is 18.7 Å². The Bertz CT molecular complexity index is 2390. The van der Waals surface area contributed by atoms with E-state index < -0.39 is 31.6 Å². The zero-order valence-corrected chi connectivity index (χ0v) is 28.3. The number of carbonyl (C=O) groups is 1. The predicted octanol–water partition coefficient (Wildman–Crippen LogP) is 5.66. The number of rotatable bonds is 7. The number of aromatic amines is 2. The molecule has 0 bridgehead atoms. The number of aromatic nitrogens is 4.